The summed E-state index contributed by atoms with van der Waals surface area (Å²) < 4.78 is 4.89. The Morgan fingerprint density at radius 2 is 2.07 bits per heavy atom. The number of carbonyl (C=O) groups is 1. The van der Waals surface area contributed by atoms with Crippen molar-refractivity contribution in [3.05, 3.63) is 0 Å². The fourth-order valence-electron chi connectivity index (χ4n) is 2.46. The molecular weight excluding hydrogens is 190 g/mol. The molecule has 0 radical (unpaired) electrons. The van der Waals surface area contributed by atoms with Crippen LogP contribution in [0.15, 0.2) is 0 Å². The second kappa shape index (κ2) is 4.52. The van der Waals surface area contributed by atoms with E-state index >= 15 is 0 Å². The molecule has 0 amide bonds. The molecule has 2 rings (SSSR count). The van der Waals surface area contributed by atoms with Gasteiger partial charge in [-0.3, -0.25) is 9.69 Å². The van der Waals surface area contributed by atoms with E-state index < -0.39 is 0 Å². The van der Waals surface area contributed by atoms with E-state index in [1.54, 1.807) is 0 Å². The Bertz CT molecular complexity index is 234. The lowest BCUT2D eigenvalue weighted by Crippen LogP contribution is -2.44. The molecule has 0 spiro atoms. The molecule has 2 saturated carbocycles. The highest BCUT2D eigenvalue weighted by Crippen LogP contribution is 2.37. The van der Waals surface area contributed by atoms with Gasteiger partial charge in [-0.2, -0.15) is 0 Å². The number of ether oxygens (including phenoxy) is 1. The lowest BCUT2D eigenvalue weighted by Gasteiger charge is -2.33. The SMILES string of the molecule is COC(=O)C(C1CC1)N(C)CC1CCC1. The summed E-state index contributed by atoms with van der Waals surface area (Å²) in [4.78, 5) is 13.9. The van der Waals surface area contributed by atoms with Crippen LogP contribution < -0.4 is 0 Å². The smallest absolute Gasteiger partial charge is 0.323 e. The van der Waals surface area contributed by atoms with Crippen molar-refractivity contribution in [1.29, 1.82) is 0 Å². The molecular formula is C12H21NO2. The molecule has 1 unspecified atom stereocenters. The Morgan fingerprint density at radius 1 is 1.40 bits per heavy atom. The van der Waals surface area contributed by atoms with E-state index in [4.69, 9.17) is 4.74 Å². The lowest BCUT2D eigenvalue weighted by molar-refractivity contribution is -0.147. The second-order valence-electron chi connectivity index (χ2n) is 5.04. The number of nitrogens with zero attached hydrogens (tertiary/aromatic N) is 1. The van der Waals surface area contributed by atoms with Crippen molar-refractivity contribution in [3.8, 4) is 0 Å². The molecule has 3 heteroatoms. The maximum Gasteiger partial charge on any atom is 0.323 e. The third kappa shape index (κ3) is 2.51. The van der Waals surface area contributed by atoms with E-state index in [1.165, 1.54) is 39.2 Å². The minimum absolute atomic E-state index is 0.0237. The zero-order chi connectivity index (χ0) is 10.8. The van der Waals surface area contributed by atoms with Crippen LogP contribution >= 0.6 is 0 Å². The molecule has 0 bridgehead atoms. The molecule has 0 saturated heterocycles. The Morgan fingerprint density at radius 3 is 2.47 bits per heavy atom. The molecule has 0 N–H and O–H groups in total. The van der Waals surface area contributed by atoms with Gasteiger partial charge in [0, 0.05) is 6.54 Å². The number of likely N-dealkylation sites (N-methyl/N-ethyl adjacent to an activating group) is 1. The average Bonchev–Trinajstić information content (AvgIpc) is 2.95. The van der Waals surface area contributed by atoms with Gasteiger partial charge < -0.3 is 4.74 Å². The van der Waals surface area contributed by atoms with Crippen LogP contribution in [0.25, 0.3) is 0 Å². The largest absolute Gasteiger partial charge is 0.468 e. The summed E-state index contributed by atoms with van der Waals surface area (Å²) in [6.45, 7) is 1.07. The first-order valence-corrected chi connectivity index (χ1v) is 6.00. The van der Waals surface area contributed by atoms with Crippen LogP contribution in [0.5, 0.6) is 0 Å². The van der Waals surface area contributed by atoms with Crippen LogP contribution in [0.1, 0.15) is 32.1 Å². The van der Waals surface area contributed by atoms with E-state index in [2.05, 4.69) is 11.9 Å². The van der Waals surface area contributed by atoms with Gasteiger partial charge in [-0.1, -0.05) is 6.42 Å². The Labute approximate surface area is 91.8 Å². The molecule has 86 valence electrons. The minimum Gasteiger partial charge on any atom is -0.468 e. The van der Waals surface area contributed by atoms with Crippen LogP contribution in [0.3, 0.4) is 0 Å². The topological polar surface area (TPSA) is 29.5 Å². The fourth-order valence-corrected chi connectivity index (χ4v) is 2.46. The molecule has 2 fully saturated rings. The van der Waals surface area contributed by atoms with Gasteiger partial charge in [0.25, 0.3) is 0 Å². The standard InChI is InChI=1S/C12H21NO2/c1-13(8-9-4-3-5-9)11(10-6-7-10)12(14)15-2/h9-11H,3-8H2,1-2H3. The molecule has 2 aliphatic carbocycles. The molecule has 0 heterocycles. The summed E-state index contributed by atoms with van der Waals surface area (Å²) in [7, 11) is 3.56. The maximum atomic E-state index is 11.7. The van der Waals surface area contributed by atoms with Crippen LogP contribution in [0.4, 0.5) is 0 Å². The van der Waals surface area contributed by atoms with Crippen molar-refractivity contribution < 1.29 is 9.53 Å². The highest BCUT2D eigenvalue weighted by Gasteiger charge is 2.40. The van der Waals surface area contributed by atoms with Gasteiger partial charge in [-0.15, -0.1) is 0 Å². The highest BCUT2D eigenvalue weighted by atomic mass is 16.5. The summed E-state index contributed by atoms with van der Waals surface area (Å²) in [5.74, 6) is 1.34. The zero-order valence-electron chi connectivity index (χ0n) is 9.74. The maximum absolute atomic E-state index is 11.7. The van der Waals surface area contributed by atoms with Gasteiger partial charge in [-0.25, -0.2) is 0 Å². The van der Waals surface area contributed by atoms with Gasteiger partial charge in [0.1, 0.15) is 6.04 Å². The summed E-state index contributed by atoms with van der Waals surface area (Å²) in [6, 6.07) is 0.0237. The minimum atomic E-state index is -0.0423. The molecule has 15 heavy (non-hydrogen) atoms. The monoisotopic (exact) mass is 211 g/mol. The summed E-state index contributed by atoms with van der Waals surface area (Å²) >= 11 is 0. The molecule has 3 nitrogen and oxygen atoms in total. The predicted octanol–water partition coefficient (Wildman–Crippen LogP) is 1.67. The normalized spacial score (nSPS) is 23.7. The molecule has 0 aliphatic heterocycles. The molecule has 0 aromatic carbocycles. The lowest BCUT2D eigenvalue weighted by atomic mass is 9.85. The first kappa shape index (κ1) is 10.9. The van der Waals surface area contributed by atoms with Gasteiger partial charge in [-0.05, 0) is 44.6 Å². The number of hydrogen-bond donors (Lipinski definition) is 0. The fraction of sp³-hybridized carbons (Fsp3) is 0.917. The highest BCUT2D eigenvalue weighted by molar-refractivity contribution is 5.76. The van der Waals surface area contributed by atoms with Crippen molar-refractivity contribution in [1.82, 2.24) is 4.90 Å². The number of rotatable bonds is 5. The van der Waals surface area contributed by atoms with Gasteiger partial charge in [0.05, 0.1) is 7.11 Å². The van der Waals surface area contributed by atoms with E-state index in [9.17, 15) is 4.79 Å². The van der Waals surface area contributed by atoms with Crippen LogP contribution in [-0.2, 0) is 9.53 Å². The number of esters is 1. The number of methoxy groups -OCH3 is 1. The van der Waals surface area contributed by atoms with E-state index in [-0.39, 0.29) is 12.0 Å². The van der Waals surface area contributed by atoms with E-state index in [1.807, 2.05) is 0 Å². The first-order chi connectivity index (χ1) is 7.22. The molecule has 2 aliphatic rings. The quantitative estimate of drug-likeness (QED) is 0.648. The van der Waals surface area contributed by atoms with Crippen molar-refractivity contribution >= 4 is 5.97 Å². The Kier molecular flexibility index (Phi) is 3.29. The van der Waals surface area contributed by atoms with Gasteiger partial charge >= 0.3 is 5.97 Å². The summed E-state index contributed by atoms with van der Waals surface area (Å²) in [6.07, 6.45) is 6.42. The summed E-state index contributed by atoms with van der Waals surface area (Å²) in [5, 5.41) is 0. The number of carbonyl (C=O) groups excluding carboxylic acids is 1. The molecule has 1 atom stereocenters. The average molecular weight is 211 g/mol. The van der Waals surface area contributed by atoms with Crippen LogP contribution in [0.2, 0.25) is 0 Å². The number of hydrogen-bond acceptors (Lipinski definition) is 3. The van der Waals surface area contributed by atoms with Crippen molar-refractivity contribution in [3.63, 3.8) is 0 Å². The van der Waals surface area contributed by atoms with Crippen LogP contribution in [0, 0.1) is 11.8 Å². The predicted molar refractivity (Wildman–Crippen MR) is 58.5 cm³/mol. The third-order valence-corrected chi connectivity index (χ3v) is 3.76. The van der Waals surface area contributed by atoms with Gasteiger partial charge in [0.2, 0.25) is 0 Å². The van der Waals surface area contributed by atoms with Crippen molar-refractivity contribution in [2.45, 2.75) is 38.1 Å². The van der Waals surface area contributed by atoms with Crippen LogP contribution in [-0.4, -0.2) is 37.6 Å². The second-order valence-corrected chi connectivity index (χ2v) is 5.04. The van der Waals surface area contributed by atoms with E-state index in [0.717, 1.165) is 12.5 Å². The van der Waals surface area contributed by atoms with E-state index in [0.29, 0.717) is 5.92 Å². The van der Waals surface area contributed by atoms with Crippen molar-refractivity contribution in [2.75, 3.05) is 20.7 Å². The molecule has 0 aromatic heterocycles. The third-order valence-electron chi connectivity index (χ3n) is 3.76. The first-order valence-electron chi connectivity index (χ1n) is 6.00. The Hall–Kier alpha value is -0.570. The zero-order valence-corrected chi connectivity index (χ0v) is 9.74. The van der Waals surface area contributed by atoms with Gasteiger partial charge in [0.15, 0.2) is 0 Å². The Balaban J connectivity index is 1.87. The van der Waals surface area contributed by atoms with Crippen molar-refractivity contribution in [2.24, 2.45) is 11.8 Å². The molecule has 0 aromatic rings. The summed E-state index contributed by atoms with van der Waals surface area (Å²) in [5.41, 5.74) is 0.